The van der Waals surface area contributed by atoms with Crippen molar-refractivity contribution in [2.24, 2.45) is 0 Å². The van der Waals surface area contributed by atoms with Crippen molar-refractivity contribution in [3.8, 4) is 5.75 Å². The second-order valence-electron chi connectivity index (χ2n) is 8.64. The van der Waals surface area contributed by atoms with Gasteiger partial charge in [-0.25, -0.2) is 17.9 Å². The number of alkyl halides is 3. The number of anilines is 1. The van der Waals surface area contributed by atoms with Gasteiger partial charge in [-0.15, -0.1) is 13.2 Å². The maximum Gasteiger partial charge on any atom is 0.573 e. The summed E-state index contributed by atoms with van der Waals surface area (Å²) >= 11 is 0. The maximum absolute atomic E-state index is 12.8. The van der Waals surface area contributed by atoms with Crippen LogP contribution in [0, 0.1) is 0 Å². The van der Waals surface area contributed by atoms with Crippen molar-refractivity contribution in [1.82, 2.24) is 9.62 Å². The zero-order valence-corrected chi connectivity index (χ0v) is 19.7. The lowest BCUT2D eigenvalue weighted by Gasteiger charge is -2.34. The number of hydrogen-bond donors (Lipinski definition) is 1. The predicted molar refractivity (Wildman–Crippen MR) is 118 cm³/mol. The van der Waals surface area contributed by atoms with E-state index in [0.717, 1.165) is 24.0 Å². The first-order valence-corrected chi connectivity index (χ1v) is 12.0. The molecule has 33 heavy (non-hydrogen) atoms. The fourth-order valence-electron chi connectivity index (χ4n) is 3.35. The molecule has 12 heteroatoms. The summed E-state index contributed by atoms with van der Waals surface area (Å²) in [6, 6.07) is 4.67. The average Bonchev–Trinajstić information content (AvgIpc) is 2.67. The zero-order valence-electron chi connectivity index (χ0n) is 18.9. The summed E-state index contributed by atoms with van der Waals surface area (Å²) < 4.78 is 72.8. The average molecular weight is 494 g/mol. The third kappa shape index (κ3) is 9.60. The summed E-state index contributed by atoms with van der Waals surface area (Å²) in [7, 11) is -3.56. The van der Waals surface area contributed by atoms with E-state index in [-0.39, 0.29) is 12.6 Å². The summed E-state index contributed by atoms with van der Waals surface area (Å²) in [5, 5.41) is 0.863. The number of halogens is 3. The second kappa shape index (κ2) is 10.7. The number of likely N-dealkylation sites (tertiary alicyclic amines) is 1. The van der Waals surface area contributed by atoms with Crippen LogP contribution in [0.4, 0.5) is 23.7 Å². The number of nitrogens with one attached hydrogen (secondary N) is 1. The van der Waals surface area contributed by atoms with Gasteiger partial charge in [0.2, 0.25) is 10.0 Å². The minimum Gasteiger partial charge on any atom is -0.443 e. The van der Waals surface area contributed by atoms with Gasteiger partial charge >= 0.3 is 12.5 Å². The number of piperidine rings is 1. The van der Waals surface area contributed by atoms with Crippen LogP contribution < -0.4 is 14.4 Å². The molecule has 1 saturated heterocycles. The molecule has 1 atom stereocenters. The van der Waals surface area contributed by atoms with E-state index in [9.17, 15) is 26.4 Å². The third-order valence-electron chi connectivity index (χ3n) is 4.69. The fourth-order valence-corrected chi connectivity index (χ4v) is 4.10. The van der Waals surface area contributed by atoms with E-state index in [1.54, 1.807) is 20.8 Å². The minimum atomic E-state index is -4.82. The van der Waals surface area contributed by atoms with Crippen molar-refractivity contribution in [3.63, 3.8) is 0 Å². The van der Waals surface area contributed by atoms with Crippen LogP contribution in [-0.4, -0.2) is 63.6 Å². The Labute approximate surface area is 192 Å². The quantitative estimate of drug-likeness (QED) is 0.592. The Bertz CT molecular complexity index is 915. The van der Waals surface area contributed by atoms with Crippen LogP contribution in [0.25, 0.3) is 0 Å². The molecule has 0 aromatic heterocycles. The molecule has 186 valence electrons. The van der Waals surface area contributed by atoms with Gasteiger partial charge in [-0.2, -0.15) is 0 Å². The monoisotopic (exact) mass is 493 g/mol. The number of hydrogen-bond acceptors (Lipinski definition) is 6. The molecule has 1 amide bonds. The van der Waals surface area contributed by atoms with Gasteiger partial charge in [-0.3, -0.25) is 9.80 Å². The number of nitrogens with zero attached hydrogens (tertiary/aromatic N) is 2. The van der Waals surface area contributed by atoms with Crippen molar-refractivity contribution in [1.29, 1.82) is 0 Å². The molecule has 0 spiro atoms. The smallest absolute Gasteiger partial charge is 0.443 e. The molecule has 1 aliphatic rings. The summed E-state index contributed by atoms with van der Waals surface area (Å²) in [4.78, 5) is 16.2. The number of rotatable bonds is 8. The molecule has 8 nitrogen and oxygen atoms in total. The number of carbonyl (C=O) groups is 1. The predicted octanol–water partition coefficient (Wildman–Crippen LogP) is 3.85. The van der Waals surface area contributed by atoms with Gasteiger partial charge in [0.05, 0.1) is 0 Å². The Morgan fingerprint density at radius 1 is 1.27 bits per heavy atom. The van der Waals surface area contributed by atoms with Gasteiger partial charge in [0.1, 0.15) is 11.4 Å². The highest BCUT2D eigenvalue weighted by atomic mass is 32.2. The van der Waals surface area contributed by atoms with E-state index in [1.165, 1.54) is 17.0 Å². The van der Waals surface area contributed by atoms with Crippen molar-refractivity contribution in [3.05, 3.63) is 36.3 Å². The third-order valence-corrected chi connectivity index (χ3v) is 5.79. The number of benzene rings is 1. The van der Waals surface area contributed by atoms with Gasteiger partial charge < -0.3 is 9.47 Å². The molecule has 0 aliphatic carbocycles. The Morgan fingerprint density at radius 3 is 2.45 bits per heavy atom. The first-order chi connectivity index (χ1) is 15.2. The van der Waals surface area contributed by atoms with Crippen molar-refractivity contribution in [2.45, 2.75) is 51.6 Å². The number of sulfonamides is 1. The lowest BCUT2D eigenvalue weighted by Crippen LogP contribution is -2.49. The van der Waals surface area contributed by atoms with Crippen LogP contribution in [0.1, 0.15) is 33.6 Å². The van der Waals surface area contributed by atoms with Gasteiger partial charge in [0, 0.05) is 36.8 Å². The highest BCUT2D eigenvalue weighted by Crippen LogP contribution is 2.26. The SMILES string of the molecule is C=CS(=O)(=O)N[C@@H]1CCCN(CCN(C(=O)OC(C)(C)C)c2ccc(OC(F)(F)F)cc2)C1. The van der Waals surface area contributed by atoms with E-state index in [2.05, 4.69) is 16.0 Å². The second-order valence-corrected chi connectivity index (χ2v) is 10.3. The molecule has 1 aliphatic heterocycles. The molecule has 1 aromatic rings. The zero-order chi connectivity index (χ0) is 24.9. The van der Waals surface area contributed by atoms with Crippen LogP contribution in [0.2, 0.25) is 0 Å². The van der Waals surface area contributed by atoms with Crippen molar-refractivity contribution in [2.75, 3.05) is 31.1 Å². The molecule has 1 aromatic carbocycles. The van der Waals surface area contributed by atoms with Gasteiger partial charge in [-0.1, -0.05) is 6.58 Å². The maximum atomic E-state index is 12.8. The largest absolute Gasteiger partial charge is 0.573 e. The highest BCUT2D eigenvalue weighted by molar-refractivity contribution is 7.92. The first kappa shape index (κ1) is 26.9. The number of carbonyl (C=O) groups excluding carboxylic acids is 1. The van der Waals surface area contributed by atoms with Gasteiger partial charge in [0.25, 0.3) is 0 Å². The van der Waals surface area contributed by atoms with Crippen molar-refractivity contribution >= 4 is 21.8 Å². The fraction of sp³-hybridized carbons (Fsp3) is 0.571. The minimum absolute atomic E-state index is 0.190. The van der Waals surface area contributed by atoms with Crippen molar-refractivity contribution < 1.29 is 35.9 Å². The van der Waals surface area contributed by atoms with Crippen LogP contribution in [0.3, 0.4) is 0 Å². The van der Waals surface area contributed by atoms with E-state index >= 15 is 0 Å². The molecular weight excluding hydrogens is 463 g/mol. The number of amides is 1. The van der Waals surface area contributed by atoms with E-state index in [0.29, 0.717) is 31.7 Å². The molecule has 2 rings (SSSR count). The summed E-state index contributed by atoms with van der Waals surface area (Å²) in [5.41, 5.74) is -0.423. The molecule has 0 saturated carbocycles. The van der Waals surface area contributed by atoms with E-state index in [4.69, 9.17) is 4.74 Å². The molecule has 1 N–H and O–H groups in total. The topological polar surface area (TPSA) is 88.2 Å². The summed E-state index contributed by atoms with van der Waals surface area (Å²) in [5.74, 6) is -0.399. The summed E-state index contributed by atoms with van der Waals surface area (Å²) in [6.07, 6.45) is -4.02. The molecule has 0 unspecified atom stereocenters. The van der Waals surface area contributed by atoms with E-state index < -0.39 is 33.8 Å². The molecule has 1 heterocycles. The van der Waals surface area contributed by atoms with Gasteiger partial charge in [-0.05, 0) is 64.4 Å². The lowest BCUT2D eigenvalue weighted by molar-refractivity contribution is -0.274. The Balaban J connectivity index is 2.11. The molecule has 0 radical (unpaired) electrons. The van der Waals surface area contributed by atoms with Crippen LogP contribution in [-0.2, 0) is 14.8 Å². The first-order valence-electron chi connectivity index (χ1n) is 10.4. The molecule has 0 bridgehead atoms. The van der Waals surface area contributed by atoms with Crippen LogP contribution in [0.15, 0.2) is 36.3 Å². The van der Waals surface area contributed by atoms with Crippen LogP contribution in [0.5, 0.6) is 5.75 Å². The number of ether oxygens (including phenoxy) is 2. The molecular formula is C21H30F3N3O5S. The highest BCUT2D eigenvalue weighted by Gasteiger charge is 2.31. The Morgan fingerprint density at radius 2 is 1.91 bits per heavy atom. The van der Waals surface area contributed by atoms with Crippen LogP contribution >= 0.6 is 0 Å². The summed E-state index contributed by atoms with van der Waals surface area (Å²) in [6.45, 7) is 10.2. The Kier molecular flexibility index (Phi) is 8.77. The van der Waals surface area contributed by atoms with E-state index in [1.807, 2.05) is 4.90 Å². The normalized spacial score (nSPS) is 17.9. The van der Waals surface area contributed by atoms with Gasteiger partial charge in [0.15, 0.2) is 0 Å². The Hall–Kier alpha value is -2.31. The standard InChI is InChI=1S/C21H30F3N3O5S/c1-5-33(29,30)25-16-7-6-12-26(15-16)13-14-27(19(28)32-20(2,3)4)17-8-10-18(11-9-17)31-21(22,23)24/h5,8-11,16,25H,1,6-7,12-15H2,2-4H3/t16-/m1/s1. The molecule has 1 fully saturated rings. The lowest BCUT2D eigenvalue weighted by atomic mass is 10.1.